The summed E-state index contributed by atoms with van der Waals surface area (Å²) in [5.74, 6) is 0.467. The van der Waals surface area contributed by atoms with Crippen molar-refractivity contribution in [3.8, 4) is 17.2 Å². The Kier molecular flexibility index (Phi) is 7.97. The predicted molar refractivity (Wildman–Crippen MR) is 125 cm³/mol. The highest BCUT2D eigenvalue weighted by molar-refractivity contribution is 5.85. The molecule has 168 valence electrons. The predicted octanol–water partition coefficient (Wildman–Crippen LogP) is 5.02. The first-order valence-corrected chi connectivity index (χ1v) is 10.5. The maximum absolute atomic E-state index is 13.1. The van der Waals surface area contributed by atoms with Crippen molar-refractivity contribution < 1.29 is 23.7 Å². The SMILES string of the molecule is CCOC(=O)C(c1ccc(NCc2ccccc2)cc1)c1c(OC)cc(OC)cc1OC. The zero-order valence-corrected chi connectivity index (χ0v) is 18.9. The van der Waals surface area contributed by atoms with Crippen LogP contribution in [-0.2, 0) is 16.1 Å². The molecule has 1 unspecified atom stereocenters. The van der Waals surface area contributed by atoms with Crippen LogP contribution in [0.5, 0.6) is 17.2 Å². The topological polar surface area (TPSA) is 66.0 Å². The summed E-state index contributed by atoms with van der Waals surface area (Å²) >= 11 is 0. The van der Waals surface area contributed by atoms with Crippen molar-refractivity contribution >= 4 is 11.7 Å². The monoisotopic (exact) mass is 435 g/mol. The molecule has 0 amide bonds. The molecule has 3 aromatic rings. The number of nitrogens with one attached hydrogen (secondary N) is 1. The molecule has 3 rings (SSSR count). The van der Waals surface area contributed by atoms with Crippen molar-refractivity contribution in [3.63, 3.8) is 0 Å². The average molecular weight is 436 g/mol. The molecule has 32 heavy (non-hydrogen) atoms. The molecular weight excluding hydrogens is 406 g/mol. The minimum absolute atomic E-state index is 0.271. The highest BCUT2D eigenvalue weighted by Gasteiger charge is 2.31. The van der Waals surface area contributed by atoms with Gasteiger partial charge in [0.1, 0.15) is 23.2 Å². The van der Waals surface area contributed by atoms with Gasteiger partial charge in [-0.1, -0.05) is 42.5 Å². The number of hydrogen-bond acceptors (Lipinski definition) is 6. The number of carbonyl (C=O) groups is 1. The van der Waals surface area contributed by atoms with Crippen LogP contribution in [0, 0.1) is 0 Å². The Hall–Kier alpha value is -3.67. The number of hydrogen-bond donors (Lipinski definition) is 1. The molecule has 0 aliphatic rings. The van der Waals surface area contributed by atoms with Gasteiger partial charge in [-0.05, 0) is 30.2 Å². The van der Waals surface area contributed by atoms with Crippen LogP contribution in [0.4, 0.5) is 5.69 Å². The van der Waals surface area contributed by atoms with Gasteiger partial charge in [-0.15, -0.1) is 0 Å². The van der Waals surface area contributed by atoms with E-state index in [-0.39, 0.29) is 12.6 Å². The molecule has 0 aliphatic heterocycles. The normalized spacial score (nSPS) is 11.4. The molecule has 1 atom stereocenters. The summed E-state index contributed by atoms with van der Waals surface area (Å²) in [6.07, 6.45) is 0. The minimum atomic E-state index is -0.714. The number of benzene rings is 3. The van der Waals surface area contributed by atoms with Crippen molar-refractivity contribution in [3.05, 3.63) is 83.4 Å². The second-order valence-corrected chi connectivity index (χ2v) is 7.09. The van der Waals surface area contributed by atoms with Gasteiger partial charge in [0.25, 0.3) is 0 Å². The summed E-state index contributed by atoms with van der Waals surface area (Å²) in [5.41, 5.74) is 3.51. The lowest BCUT2D eigenvalue weighted by Crippen LogP contribution is -2.19. The van der Waals surface area contributed by atoms with Gasteiger partial charge in [0.2, 0.25) is 0 Å². The number of ether oxygens (including phenoxy) is 4. The number of rotatable bonds is 10. The summed E-state index contributed by atoms with van der Waals surface area (Å²) in [7, 11) is 4.67. The van der Waals surface area contributed by atoms with Crippen LogP contribution >= 0.6 is 0 Å². The van der Waals surface area contributed by atoms with E-state index in [1.807, 2.05) is 42.5 Å². The molecule has 0 radical (unpaired) electrons. The zero-order valence-electron chi connectivity index (χ0n) is 18.9. The first-order chi connectivity index (χ1) is 15.6. The number of anilines is 1. The van der Waals surface area contributed by atoms with E-state index in [1.165, 1.54) is 5.56 Å². The summed E-state index contributed by atoms with van der Waals surface area (Å²) in [5, 5.41) is 3.40. The highest BCUT2D eigenvalue weighted by atomic mass is 16.5. The van der Waals surface area contributed by atoms with E-state index in [0.717, 1.165) is 11.3 Å². The third-order valence-electron chi connectivity index (χ3n) is 5.15. The van der Waals surface area contributed by atoms with Gasteiger partial charge in [0.05, 0.1) is 33.5 Å². The third-order valence-corrected chi connectivity index (χ3v) is 5.15. The van der Waals surface area contributed by atoms with Crippen LogP contribution in [0.1, 0.15) is 29.5 Å². The number of esters is 1. The fraction of sp³-hybridized carbons (Fsp3) is 0.269. The maximum Gasteiger partial charge on any atom is 0.318 e. The van der Waals surface area contributed by atoms with Gasteiger partial charge in [-0.2, -0.15) is 0 Å². The molecule has 6 heteroatoms. The van der Waals surface area contributed by atoms with Crippen molar-refractivity contribution in [2.75, 3.05) is 33.3 Å². The van der Waals surface area contributed by atoms with Crippen LogP contribution in [0.3, 0.4) is 0 Å². The molecule has 0 spiro atoms. The molecule has 0 bridgehead atoms. The largest absolute Gasteiger partial charge is 0.496 e. The van der Waals surface area contributed by atoms with Crippen LogP contribution in [-0.4, -0.2) is 33.9 Å². The van der Waals surface area contributed by atoms with Gasteiger partial charge >= 0.3 is 5.97 Å². The third kappa shape index (κ3) is 5.32. The highest BCUT2D eigenvalue weighted by Crippen LogP contribution is 2.42. The Balaban J connectivity index is 1.96. The average Bonchev–Trinajstić information content (AvgIpc) is 2.84. The van der Waals surface area contributed by atoms with Crippen LogP contribution in [0.15, 0.2) is 66.7 Å². The first kappa shape index (κ1) is 23.0. The fourth-order valence-corrected chi connectivity index (χ4v) is 3.56. The quantitative estimate of drug-likeness (QED) is 0.451. The van der Waals surface area contributed by atoms with Gasteiger partial charge in [0, 0.05) is 24.4 Å². The van der Waals surface area contributed by atoms with Crippen LogP contribution in [0.25, 0.3) is 0 Å². The Morgan fingerprint density at radius 1 is 0.875 bits per heavy atom. The van der Waals surface area contributed by atoms with E-state index in [2.05, 4.69) is 17.4 Å². The van der Waals surface area contributed by atoms with Gasteiger partial charge in [-0.25, -0.2) is 0 Å². The van der Waals surface area contributed by atoms with Crippen LogP contribution < -0.4 is 19.5 Å². The van der Waals surface area contributed by atoms with Crippen molar-refractivity contribution in [2.24, 2.45) is 0 Å². The van der Waals surface area contributed by atoms with Crippen molar-refractivity contribution in [1.29, 1.82) is 0 Å². The minimum Gasteiger partial charge on any atom is -0.496 e. The van der Waals surface area contributed by atoms with E-state index in [1.54, 1.807) is 40.4 Å². The molecule has 0 saturated carbocycles. The Labute approximate surface area is 189 Å². The fourth-order valence-electron chi connectivity index (χ4n) is 3.56. The number of methoxy groups -OCH3 is 3. The Morgan fingerprint density at radius 3 is 2.03 bits per heavy atom. The van der Waals surface area contributed by atoms with Gasteiger partial charge in [-0.3, -0.25) is 4.79 Å². The second-order valence-electron chi connectivity index (χ2n) is 7.09. The summed E-state index contributed by atoms with van der Waals surface area (Å²) in [4.78, 5) is 13.1. The Bertz CT molecular complexity index is 993. The molecule has 0 aliphatic carbocycles. The molecule has 3 aromatic carbocycles. The lowest BCUT2D eigenvalue weighted by atomic mass is 9.89. The number of carbonyl (C=O) groups excluding carboxylic acids is 1. The molecular formula is C26H29NO5. The molecule has 6 nitrogen and oxygen atoms in total. The Morgan fingerprint density at radius 2 is 1.50 bits per heavy atom. The second kappa shape index (κ2) is 11.1. The smallest absolute Gasteiger partial charge is 0.318 e. The molecule has 0 heterocycles. The van der Waals surface area contributed by atoms with E-state index in [0.29, 0.717) is 29.4 Å². The maximum atomic E-state index is 13.1. The van der Waals surface area contributed by atoms with Gasteiger partial charge in [0.15, 0.2) is 0 Å². The molecule has 1 N–H and O–H groups in total. The standard InChI is InChI=1S/C26H29NO5/c1-5-32-26(28)24(25-22(30-3)15-21(29-2)16-23(25)31-4)19-11-13-20(14-12-19)27-17-18-9-7-6-8-10-18/h6-16,24,27H,5,17H2,1-4H3. The van der Waals surface area contributed by atoms with E-state index in [4.69, 9.17) is 18.9 Å². The van der Waals surface area contributed by atoms with Crippen molar-refractivity contribution in [2.45, 2.75) is 19.4 Å². The van der Waals surface area contributed by atoms with E-state index >= 15 is 0 Å². The molecule has 0 fully saturated rings. The molecule has 0 saturated heterocycles. The summed E-state index contributed by atoms with van der Waals surface area (Å²) in [6.45, 7) is 2.77. The van der Waals surface area contributed by atoms with E-state index in [9.17, 15) is 4.79 Å². The van der Waals surface area contributed by atoms with Gasteiger partial charge < -0.3 is 24.3 Å². The summed E-state index contributed by atoms with van der Waals surface area (Å²) in [6, 6.07) is 21.4. The summed E-state index contributed by atoms with van der Waals surface area (Å²) < 4.78 is 21.9. The lowest BCUT2D eigenvalue weighted by molar-refractivity contribution is -0.143. The lowest BCUT2D eigenvalue weighted by Gasteiger charge is -2.22. The van der Waals surface area contributed by atoms with Crippen molar-refractivity contribution in [1.82, 2.24) is 0 Å². The van der Waals surface area contributed by atoms with E-state index < -0.39 is 5.92 Å². The van der Waals surface area contributed by atoms with Crippen LogP contribution in [0.2, 0.25) is 0 Å². The zero-order chi connectivity index (χ0) is 22.9. The molecule has 0 aromatic heterocycles. The first-order valence-electron chi connectivity index (χ1n) is 10.5.